The van der Waals surface area contributed by atoms with Crippen LogP contribution in [0.3, 0.4) is 0 Å². The molecule has 19 heavy (non-hydrogen) atoms. The van der Waals surface area contributed by atoms with E-state index in [0.717, 1.165) is 12.5 Å². The van der Waals surface area contributed by atoms with Crippen LogP contribution in [0.25, 0.3) is 0 Å². The molecule has 1 nitrogen and oxygen atoms in total. The molecule has 0 aliphatic carbocycles. The van der Waals surface area contributed by atoms with E-state index in [0.29, 0.717) is 0 Å². The highest BCUT2D eigenvalue weighted by Crippen LogP contribution is 2.16. The van der Waals surface area contributed by atoms with Gasteiger partial charge in [-0.1, -0.05) is 29.8 Å². The Balaban J connectivity index is 2.58. The fourth-order valence-electron chi connectivity index (χ4n) is 2.18. The lowest BCUT2D eigenvalue weighted by atomic mass is 9.95. The number of aryl methyl sites for hydroxylation is 1. The molecule has 0 spiro atoms. The molecule has 1 N–H and O–H groups in total. The van der Waals surface area contributed by atoms with Crippen LogP contribution in [0.2, 0.25) is 0 Å². The van der Waals surface area contributed by atoms with Crippen molar-refractivity contribution in [3.05, 3.63) is 35.4 Å². The third-order valence-corrected chi connectivity index (χ3v) is 3.90. The topological polar surface area (TPSA) is 12.0 Å². The molecule has 0 saturated heterocycles. The first kappa shape index (κ1) is 16.6. The zero-order valence-corrected chi connectivity index (χ0v) is 13.9. The molecule has 1 rings (SSSR count). The summed E-state index contributed by atoms with van der Waals surface area (Å²) in [5, 5.41) is 3.66. The highest BCUT2D eigenvalue weighted by Gasteiger charge is 2.14. The predicted octanol–water partition coefficient (Wildman–Crippen LogP) is 4.29. The van der Waals surface area contributed by atoms with Crippen molar-refractivity contribution in [2.45, 2.75) is 46.1 Å². The van der Waals surface area contributed by atoms with E-state index in [9.17, 15) is 0 Å². The average Bonchev–Trinajstić information content (AvgIpc) is 2.31. The van der Waals surface area contributed by atoms with Crippen molar-refractivity contribution in [1.29, 1.82) is 0 Å². The second-order valence-electron chi connectivity index (χ2n) is 6.47. The first-order valence-electron chi connectivity index (χ1n) is 7.20. The average molecular weight is 279 g/mol. The maximum Gasteiger partial charge on any atom is 0.00966 e. The molecular formula is C17H29NS. The lowest BCUT2D eigenvalue weighted by Crippen LogP contribution is -2.39. The number of nitrogens with one attached hydrogen (secondary N) is 1. The van der Waals surface area contributed by atoms with E-state index in [-0.39, 0.29) is 5.54 Å². The third kappa shape index (κ3) is 7.64. The molecule has 0 radical (unpaired) electrons. The van der Waals surface area contributed by atoms with Gasteiger partial charge in [-0.15, -0.1) is 0 Å². The Morgan fingerprint density at radius 3 is 2.58 bits per heavy atom. The van der Waals surface area contributed by atoms with E-state index in [2.05, 4.69) is 63.5 Å². The van der Waals surface area contributed by atoms with Gasteiger partial charge in [0.1, 0.15) is 0 Å². The standard InChI is InChI=1S/C17H29NS/c1-14-7-6-8-15(11-14)12-16(9-10-19-5)13-18-17(2,3)4/h6-8,11,16,18H,9-10,12-13H2,1-5H3. The van der Waals surface area contributed by atoms with E-state index < -0.39 is 0 Å². The molecule has 0 aromatic heterocycles. The molecule has 1 aromatic carbocycles. The maximum absolute atomic E-state index is 3.66. The van der Waals surface area contributed by atoms with Crippen LogP contribution in [-0.4, -0.2) is 24.1 Å². The lowest BCUT2D eigenvalue weighted by molar-refractivity contribution is 0.364. The van der Waals surface area contributed by atoms with Crippen LogP contribution < -0.4 is 5.32 Å². The molecule has 2 heteroatoms. The summed E-state index contributed by atoms with van der Waals surface area (Å²) in [7, 11) is 0. The minimum absolute atomic E-state index is 0.213. The molecule has 0 aliphatic rings. The monoisotopic (exact) mass is 279 g/mol. The van der Waals surface area contributed by atoms with Crippen LogP contribution in [0.15, 0.2) is 24.3 Å². The van der Waals surface area contributed by atoms with Crippen molar-refractivity contribution in [3.63, 3.8) is 0 Å². The van der Waals surface area contributed by atoms with E-state index in [1.54, 1.807) is 0 Å². The van der Waals surface area contributed by atoms with Gasteiger partial charge in [-0.3, -0.25) is 0 Å². The zero-order valence-electron chi connectivity index (χ0n) is 13.1. The predicted molar refractivity (Wildman–Crippen MR) is 89.1 cm³/mol. The van der Waals surface area contributed by atoms with E-state index >= 15 is 0 Å². The van der Waals surface area contributed by atoms with Crippen LogP contribution in [0, 0.1) is 12.8 Å². The summed E-state index contributed by atoms with van der Waals surface area (Å²) in [5.41, 5.74) is 3.05. The summed E-state index contributed by atoms with van der Waals surface area (Å²) in [6.07, 6.45) is 4.67. The fourth-order valence-corrected chi connectivity index (χ4v) is 2.75. The maximum atomic E-state index is 3.66. The molecule has 1 aromatic rings. The molecule has 1 atom stereocenters. The Kier molecular flexibility index (Phi) is 6.95. The van der Waals surface area contributed by atoms with E-state index in [1.165, 1.54) is 29.7 Å². The van der Waals surface area contributed by atoms with E-state index in [4.69, 9.17) is 0 Å². The smallest absolute Gasteiger partial charge is 0.00966 e. The van der Waals surface area contributed by atoms with Crippen molar-refractivity contribution < 1.29 is 0 Å². The number of thioether (sulfide) groups is 1. The van der Waals surface area contributed by atoms with E-state index in [1.807, 2.05) is 11.8 Å². The molecule has 0 bridgehead atoms. The van der Waals surface area contributed by atoms with Gasteiger partial charge >= 0.3 is 0 Å². The summed E-state index contributed by atoms with van der Waals surface area (Å²) in [4.78, 5) is 0. The first-order valence-corrected chi connectivity index (χ1v) is 8.59. The summed E-state index contributed by atoms with van der Waals surface area (Å²) < 4.78 is 0. The molecule has 0 heterocycles. The Morgan fingerprint density at radius 2 is 2.00 bits per heavy atom. The van der Waals surface area contributed by atoms with Crippen molar-refractivity contribution in [2.24, 2.45) is 5.92 Å². The molecule has 108 valence electrons. The summed E-state index contributed by atoms with van der Waals surface area (Å²) in [6, 6.07) is 8.93. The molecule has 0 aliphatic heterocycles. The highest BCUT2D eigenvalue weighted by molar-refractivity contribution is 7.98. The highest BCUT2D eigenvalue weighted by atomic mass is 32.2. The van der Waals surface area contributed by atoms with Crippen molar-refractivity contribution >= 4 is 11.8 Å². The first-order chi connectivity index (χ1) is 8.90. The minimum atomic E-state index is 0.213. The molecule has 0 fully saturated rings. The quantitative estimate of drug-likeness (QED) is 0.799. The van der Waals surface area contributed by atoms with Gasteiger partial charge in [0.2, 0.25) is 0 Å². The Morgan fingerprint density at radius 1 is 1.26 bits per heavy atom. The summed E-state index contributed by atoms with van der Waals surface area (Å²) in [5.74, 6) is 1.98. The molecule has 1 unspecified atom stereocenters. The van der Waals surface area contributed by atoms with Gasteiger partial charge in [-0.05, 0) is 70.6 Å². The van der Waals surface area contributed by atoms with Crippen molar-refractivity contribution in [1.82, 2.24) is 5.32 Å². The lowest BCUT2D eigenvalue weighted by Gasteiger charge is -2.25. The third-order valence-electron chi connectivity index (χ3n) is 3.26. The number of rotatable bonds is 7. The van der Waals surface area contributed by atoms with Crippen LogP contribution in [0.1, 0.15) is 38.3 Å². The van der Waals surface area contributed by atoms with Gasteiger partial charge in [0.15, 0.2) is 0 Å². The zero-order chi connectivity index (χ0) is 14.3. The van der Waals surface area contributed by atoms with Crippen LogP contribution in [0.5, 0.6) is 0 Å². The Hall–Kier alpha value is -0.470. The van der Waals surface area contributed by atoms with Gasteiger partial charge in [-0.2, -0.15) is 11.8 Å². The summed E-state index contributed by atoms with van der Waals surface area (Å²) >= 11 is 1.95. The van der Waals surface area contributed by atoms with Gasteiger partial charge in [0.25, 0.3) is 0 Å². The Labute approximate surface area is 123 Å². The van der Waals surface area contributed by atoms with Crippen molar-refractivity contribution in [2.75, 3.05) is 18.6 Å². The van der Waals surface area contributed by atoms with Gasteiger partial charge in [0, 0.05) is 5.54 Å². The molecule has 0 saturated carbocycles. The number of benzene rings is 1. The van der Waals surface area contributed by atoms with Crippen molar-refractivity contribution in [3.8, 4) is 0 Å². The van der Waals surface area contributed by atoms with Crippen LogP contribution in [-0.2, 0) is 6.42 Å². The van der Waals surface area contributed by atoms with Gasteiger partial charge in [-0.25, -0.2) is 0 Å². The second kappa shape index (κ2) is 7.96. The molecule has 0 amide bonds. The second-order valence-corrected chi connectivity index (χ2v) is 7.46. The number of hydrogen-bond acceptors (Lipinski definition) is 2. The normalized spacial score (nSPS) is 13.5. The minimum Gasteiger partial charge on any atom is -0.312 e. The number of hydrogen-bond donors (Lipinski definition) is 1. The SMILES string of the molecule is CSCCC(CNC(C)(C)C)Cc1cccc(C)c1. The van der Waals surface area contributed by atoms with Gasteiger partial charge < -0.3 is 5.32 Å². The fraction of sp³-hybridized carbons (Fsp3) is 0.647. The Bertz CT molecular complexity index is 368. The van der Waals surface area contributed by atoms with Crippen LogP contribution >= 0.6 is 11.8 Å². The van der Waals surface area contributed by atoms with Gasteiger partial charge in [0.05, 0.1) is 0 Å². The van der Waals surface area contributed by atoms with Crippen LogP contribution in [0.4, 0.5) is 0 Å². The molecular weight excluding hydrogens is 250 g/mol. The largest absolute Gasteiger partial charge is 0.312 e. The summed E-state index contributed by atoms with van der Waals surface area (Å²) in [6.45, 7) is 10.0.